The Balaban J connectivity index is 1.94. The molecule has 0 N–H and O–H groups in total. The molecule has 0 radical (unpaired) electrons. The zero-order valence-corrected chi connectivity index (χ0v) is 13.7. The summed E-state index contributed by atoms with van der Waals surface area (Å²) in [6, 6.07) is 9.05. The van der Waals surface area contributed by atoms with Gasteiger partial charge in [-0.15, -0.1) is 0 Å². The Bertz CT molecular complexity index is 778. The second-order valence-electron chi connectivity index (χ2n) is 5.33. The number of benzene rings is 1. The van der Waals surface area contributed by atoms with E-state index in [4.69, 9.17) is 9.47 Å². The average Bonchev–Trinajstić information content (AvgIpc) is 3.10. The van der Waals surface area contributed by atoms with Gasteiger partial charge in [-0.05, 0) is 25.5 Å². The van der Waals surface area contributed by atoms with Gasteiger partial charge in [0.1, 0.15) is 11.4 Å². The molecule has 7 nitrogen and oxygen atoms in total. The van der Waals surface area contributed by atoms with Crippen LogP contribution < -0.4 is 4.74 Å². The number of para-hydroxylation sites is 1. The number of aromatic nitrogens is 1. The number of amides is 2. The molecule has 1 aromatic carbocycles. The van der Waals surface area contributed by atoms with E-state index < -0.39 is 6.09 Å². The lowest BCUT2D eigenvalue weighted by Crippen LogP contribution is -2.45. The third-order valence-electron chi connectivity index (χ3n) is 3.86. The van der Waals surface area contributed by atoms with E-state index in [-0.39, 0.29) is 18.2 Å². The number of carbonyl (C=O) groups excluding carboxylic acids is 2. The molecule has 0 saturated carbocycles. The first-order valence-corrected chi connectivity index (χ1v) is 7.85. The van der Waals surface area contributed by atoms with Crippen molar-refractivity contribution in [3.05, 3.63) is 36.0 Å². The van der Waals surface area contributed by atoms with E-state index in [2.05, 4.69) is 4.98 Å². The fourth-order valence-corrected chi connectivity index (χ4v) is 2.76. The van der Waals surface area contributed by atoms with E-state index in [1.807, 2.05) is 24.3 Å². The van der Waals surface area contributed by atoms with Crippen LogP contribution in [0.3, 0.4) is 0 Å². The van der Waals surface area contributed by atoms with Crippen LogP contribution >= 0.6 is 0 Å². The second kappa shape index (κ2) is 6.74. The highest BCUT2D eigenvalue weighted by atomic mass is 16.6. The van der Waals surface area contributed by atoms with Crippen LogP contribution in [-0.2, 0) is 4.74 Å². The van der Waals surface area contributed by atoms with Crippen molar-refractivity contribution in [3.8, 4) is 5.75 Å². The van der Waals surface area contributed by atoms with E-state index in [9.17, 15) is 9.59 Å². The van der Waals surface area contributed by atoms with Gasteiger partial charge >= 0.3 is 6.09 Å². The first kappa shape index (κ1) is 16.0. The van der Waals surface area contributed by atoms with Crippen LogP contribution in [-0.4, -0.2) is 53.8 Å². The number of fused-ring (bicyclic) bond motifs is 1. The Kier molecular flexibility index (Phi) is 4.50. The number of hydrazine groups is 1. The van der Waals surface area contributed by atoms with Crippen LogP contribution in [0.5, 0.6) is 5.75 Å². The summed E-state index contributed by atoms with van der Waals surface area (Å²) in [6.45, 7) is 2.90. The summed E-state index contributed by atoms with van der Waals surface area (Å²) >= 11 is 0. The fraction of sp³-hybridized carbons (Fsp3) is 0.353. The molecule has 1 aromatic heterocycles. The summed E-state index contributed by atoms with van der Waals surface area (Å²) in [5, 5.41) is 3.55. The van der Waals surface area contributed by atoms with Crippen molar-refractivity contribution in [2.24, 2.45) is 0 Å². The molecule has 1 aliphatic rings. The number of pyridine rings is 1. The normalized spacial score (nSPS) is 14.1. The highest BCUT2D eigenvalue weighted by Gasteiger charge is 2.33. The van der Waals surface area contributed by atoms with Gasteiger partial charge in [-0.2, -0.15) is 0 Å². The van der Waals surface area contributed by atoms with Gasteiger partial charge < -0.3 is 9.47 Å². The Labute approximate surface area is 139 Å². The molecule has 0 spiro atoms. The van der Waals surface area contributed by atoms with E-state index in [0.717, 1.165) is 5.39 Å². The molecule has 0 aliphatic carbocycles. The molecule has 0 atom stereocenters. The SMILES string of the molecule is CCOC(=O)N1CCCN1C(=O)c1cc(OC)c2ccccc2n1. The lowest BCUT2D eigenvalue weighted by atomic mass is 10.1. The number of methoxy groups -OCH3 is 1. The molecule has 24 heavy (non-hydrogen) atoms. The number of nitrogens with zero attached hydrogens (tertiary/aromatic N) is 3. The van der Waals surface area contributed by atoms with Gasteiger partial charge in [0.2, 0.25) is 0 Å². The standard InChI is InChI=1S/C17H19N3O4/c1-3-24-17(22)20-10-6-9-19(20)16(21)14-11-15(23-2)12-7-4-5-8-13(12)18-14/h4-5,7-8,11H,3,6,9-10H2,1-2H3. The summed E-state index contributed by atoms with van der Waals surface area (Å²) < 4.78 is 10.4. The predicted molar refractivity (Wildman–Crippen MR) is 87.7 cm³/mol. The molecule has 2 aromatic rings. The van der Waals surface area contributed by atoms with Crippen molar-refractivity contribution in [1.29, 1.82) is 0 Å². The molecule has 1 fully saturated rings. The Morgan fingerprint density at radius 3 is 2.71 bits per heavy atom. The first-order valence-electron chi connectivity index (χ1n) is 7.85. The number of hydrogen-bond acceptors (Lipinski definition) is 5. The Morgan fingerprint density at radius 2 is 1.96 bits per heavy atom. The number of carbonyl (C=O) groups is 2. The second-order valence-corrected chi connectivity index (χ2v) is 5.33. The Morgan fingerprint density at radius 1 is 1.21 bits per heavy atom. The number of ether oxygens (including phenoxy) is 2. The van der Waals surface area contributed by atoms with Crippen LogP contribution in [0.15, 0.2) is 30.3 Å². The van der Waals surface area contributed by atoms with Crippen molar-refractivity contribution >= 4 is 22.9 Å². The van der Waals surface area contributed by atoms with Crippen molar-refractivity contribution < 1.29 is 19.1 Å². The average molecular weight is 329 g/mol. The summed E-state index contributed by atoms with van der Waals surface area (Å²) in [5.74, 6) is 0.232. The molecule has 0 bridgehead atoms. The van der Waals surface area contributed by atoms with Crippen molar-refractivity contribution in [3.63, 3.8) is 0 Å². The zero-order chi connectivity index (χ0) is 17.1. The maximum atomic E-state index is 12.8. The first-order chi connectivity index (χ1) is 11.7. The Hall–Kier alpha value is -2.83. The van der Waals surface area contributed by atoms with E-state index >= 15 is 0 Å². The topological polar surface area (TPSA) is 72.0 Å². The predicted octanol–water partition coefficient (Wildman–Crippen LogP) is 2.46. The molecule has 7 heteroatoms. The van der Waals surface area contributed by atoms with Crippen LogP contribution in [0.2, 0.25) is 0 Å². The van der Waals surface area contributed by atoms with Crippen molar-refractivity contribution in [2.45, 2.75) is 13.3 Å². The molecule has 1 saturated heterocycles. The molecule has 0 unspecified atom stereocenters. The van der Waals surface area contributed by atoms with Gasteiger partial charge in [-0.25, -0.2) is 19.8 Å². The van der Waals surface area contributed by atoms with Crippen LogP contribution in [0, 0.1) is 0 Å². The van der Waals surface area contributed by atoms with Crippen LogP contribution in [0.25, 0.3) is 10.9 Å². The van der Waals surface area contributed by atoms with Gasteiger partial charge in [0, 0.05) is 24.5 Å². The van der Waals surface area contributed by atoms with Gasteiger partial charge in [-0.1, -0.05) is 12.1 Å². The van der Waals surface area contributed by atoms with Crippen molar-refractivity contribution in [2.75, 3.05) is 26.8 Å². The molecule has 3 rings (SSSR count). The fourth-order valence-electron chi connectivity index (χ4n) is 2.76. The monoisotopic (exact) mass is 329 g/mol. The molecule has 2 heterocycles. The number of hydrogen-bond donors (Lipinski definition) is 0. The van der Waals surface area contributed by atoms with Crippen LogP contribution in [0.4, 0.5) is 4.79 Å². The van der Waals surface area contributed by atoms with Gasteiger partial charge in [0.15, 0.2) is 0 Å². The summed E-state index contributed by atoms with van der Waals surface area (Å²) in [5.41, 5.74) is 0.906. The summed E-state index contributed by atoms with van der Waals surface area (Å²) in [6.07, 6.45) is 0.186. The van der Waals surface area contributed by atoms with E-state index in [1.54, 1.807) is 20.1 Å². The minimum atomic E-state index is -0.517. The minimum absolute atomic E-state index is 0.238. The van der Waals surface area contributed by atoms with Crippen molar-refractivity contribution in [1.82, 2.24) is 15.0 Å². The summed E-state index contributed by atoms with van der Waals surface area (Å²) in [4.78, 5) is 29.2. The molecular formula is C17H19N3O4. The lowest BCUT2D eigenvalue weighted by Gasteiger charge is -2.26. The van der Waals surface area contributed by atoms with Gasteiger partial charge in [0.05, 0.1) is 19.2 Å². The molecule has 126 valence electrons. The van der Waals surface area contributed by atoms with E-state index in [0.29, 0.717) is 30.8 Å². The molecule has 1 aliphatic heterocycles. The summed E-state index contributed by atoms with van der Waals surface area (Å²) in [7, 11) is 1.55. The largest absolute Gasteiger partial charge is 0.496 e. The molecule has 2 amide bonds. The van der Waals surface area contributed by atoms with Crippen LogP contribution in [0.1, 0.15) is 23.8 Å². The smallest absolute Gasteiger partial charge is 0.428 e. The quantitative estimate of drug-likeness (QED) is 0.865. The zero-order valence-electron chi connectivity index (χ0n) is 13.7. The maximum Gasteiger partial charge on any atom is 0.428 e. The third kappa shape index (κ3) is 2.84. The lowest BCUT2D eigenvalue weighted by molar-refractivity contribution is 0.0142. The number of rotatable bonds is 3. The highest BCUT2D eigenvalue weighted by Crippen LogP contribution is 2.26. The van der Waals surface area contributed by atoms with Gasteiger partial charge in [-0.3, -0.25) is 4.79 Å². The molecular weight excluding hydrogens is 310 g/mol. The van der Waals surface area contributed by atoms with E-state index in [1.165, 1.54) is 10.0 Å². The maximum absolute atomic E-state index is 12.8. The van der Waals surface area contributed by atoms with Gasteiger partial charge in [0.25, 0.3) is 5.91 Å². The third-order valence-corrected chi connectivity index (χ3v) is 3.86. The highest BCUT2D eigenvalue weighted by molar-refractivity contribution is 5.97. The minimum Gasteiger partial charge on any atom is -0.496 e.